The maximum absolute atomic E-state index is 9.55. The second-order valence-corrected chi connectivity index (χ2v) is 1.25. The van der Waals surface area contributed by atoms with Gasteiger partial charge in [-0.15, -0.1) is 4.91 Å². The van der Waals surface area contributed by atoms with E-state index in [0.29, 0.717) is 5.71 Å². The Labute approximate surface area is 47.1 Å². The normalized spacial score (nSPS) is 11.0. The molecule has 0 aliphatic rings. The van der Waals surface area contributed by atoms with E-state index < -0.39 is 0 Å². The number of nitroso groups, excluding NO2 is 1. The van der Waals surface area contributed by atoms with Crippen LogP contribution in [0, 0.1) is 10.3 Å². The van der Waals surface area contributed by atoms with Gasteiger partial charge >= 0.3 is 0 Å². The molecule has 0 aromatic rings. The molecule has 0 amide bonds. The first-order valence-corrected chi connectivity index (χ1v) is 2.08. The number of amidine groups is 1. The van der Waals surface area contributed by atoms with Gasteiger partial charge in [-0.05, 0) is 12.1 Å². The quantitative estimate of drug-likeness (QED) is 0.305. The number of rotatable bonds is 1. The van der Waals surface area contributed by atoms with E-state index in [1.54, 1.807) is 6.92 Å². The van der Waals surface area contributed by atoms with Crippen LogP contribution in [-0.4, -0.2) is 18.6 Å². The Kier molecular flexibility index (Phi) is 2.61. The molecule has 0 heterocycles. The zero-order chi connectivity index (χ0) is 6.57. The van der Waals surface area contributed by atoms with Crippen molar-refractivity contribution >= 4 is 11.5 Å². The highest BCUT2D eigenvalue weighted by atomic mass is 16.3. The highest BCUT2D eigenvalue weighted by molar-refractivity contribution is 6.39. The molecule has 0 aliphatic heterocycles. The van der Waals surface area contributed by atoms with Gasteiger partial charge in [-0.2, -0.15) is 0 Å². The van der Waals surface area contributed by atoms with Crippen LogP contribution in [0.15, 0.2) is 10.2 Å². The lowest BCUT2D eigenvalue weighted by atomic mass is 10.4. The fraction of sp³-hybridized carbons (Fsp3) is 0.500. The topological polar surface area (TPSA) is 65.6 Å². The molecular weight excluding hydrogens is 106 g/mol. The summed E-state index contributed by atoms with van der Waals surface area (Å²) in [4.78, 5) is 13.1. The van der Waals surface area contributed by atoms with E-state index in [-0.39, 0.29) is 5.84 Å². The highest BCUT2D eigenvalue weighted by Crippen LogP contribution is 1.79. The van der Waals surface area contributed by atoms with E-state index in [1.807, 2.05) is 0 Å². The summed E-state index contributed by atoms with van der Waals surface area (Å²) in [6.45, 7) is 1.56. The van der Waals surface area contributed by atoms with Crippen LogP contribution in [0.2, 0.25) is 0 Å². The Hall–Kier alpha value is -1.06. The monoisotopic (exact) mass is 113 g/mol. The summed E-state index contributed by atoms with van der Waals surface area (Å²) in [5.41, 5.74) is 0.361. The lowest BCUT2D eigenvalue weighted by Crippen LogP contribution is -2.03. The predicted octanol–water partition coefficient (Wildman–Crippen LogP) is 0.821. The van der Waals surface area contributed by atoms with Crippen LogP contribution in [0.4, 0.5) is 0 Å². The Morgan fingerprint density at radius 2 is 2.12 bits per heavy atom. The average molecular weight is 113 g/mol. The summed E-state index contributed by atoms with van der Waals surface area (Å²) in [6.07, 6.45) is 0. The molecule has 0 aliphatic carbocycles. The van der Waals surface area contributed by atoms with E-state index in [2.05, 4.69) is 10.2 Å². The molecule has 0 unspecified atom stereocenters. The minimum atomic E-state index is -0.299. The molecule has 1 N–H and O–H groups in total. The molecule has 0 saturated carbocycles. The van der Waals surface area contributed by atoms with Crippen LogP contribution in [0.5, 0.6) is 0 Å². The standard InChI is InChI=1S/C4H7N3O/c1-3(6-2)4(5)7-8/h5H,1-2H3/b5-4?,6-3-. The molecule has 0 aromatic heterocycles. The molecule has 0 rings (SSSR count). The van der Waals surface area contributed by atoms with Crippen LogP contribution in [0.25, 0.3) is 0 Å². The van der Waals surface area contributed by atoms with Gasteiger partial charge in [0.05, 0.1) is 5.71 Å². The van der Waals surface area contributed by atoms with E-state index in [0.717, 1.165) is 0 Å². The Balaban J connectivity index is 4.03. The maximum Gasteiger partial charge on any atom is 0.210 e. The molecule has 44 valence electrons. The molecular formula is C4H7N3O. The minimum absolute atomic E-state index is 0.299. The molecule has 0 atom stereocenters. The van der Waals surface area contributed by atoms with Crippen LogP contribution < -0.4 is 0 Å². The fourth-order valence-electron chi connectivity index (χ4n) is 0.172. The molecule has 0 saturated heterocycles. The molecule has 4 heteroatoms. The van der Waals surface area contributed by atoms with Crippen molar-refractivity contribution in [2.45, 2.75) is 6.92 Å². The number of hydrogen-bond donors (Lipinski definition) is 1. The molecule has 0 fully saturated rings. The summed E-state index contributed by atoms with van der Waals surface area (Å²) in [6, 6.07) is 0. The Bertz CT molecular complexity index is 138. The van der Waals surface area contributed by atoms with Gasteiger partial charge in [0.25, 0.3) is 0 Å². The summed E-state index contributed by atoms with van der Waals surface area (Å²) in [5.74, 6) is -0.299. The van der Waals surface area contributed by atoms with E-state index >= 15 is 0 Å². The van der Waals surface area contributed by atoms with Gasteiger partial charge < -0.3 is 0 Å². The second-order valence-electron chi connectivity index (χ2n) is 1.25. The summed E-state index contributed by atoms with van der Waals surface area (Å²) in [7, 11) is 1.51. The van der Waals surface area contributed by atoms with Crippen molar-refractivity contribution in [1.29, 1.82) is 5.41 Å². The van der Waals surface area contributed by atoms with Crippen molar-refractivity contribution in [3.05, 3.63) is 4.91 Å². The largest absolute Gasteiger partial charge is 0.289 e. The molecule has 0 bridgehead atoms. The van der Waals surface area contributed by atoms with Crippen LogP contribution in [-0.2, 0) is 0 Å². The third-order valence-electron chi connectivity index (χ3n) is 0.769. The SMILES string of the molecule is C/N=C(/C)C(=N)N=O. The van der Waals surface area contributed by atoms with Gasteiger partial charge in [0.1, 0.15) is 0 Å². The Morgan fingerprint density at radius 3 is 2.25 bits per heavy atom. The van der Waals surface area contributed by atoms with Crippen molar-refractivity contribution in [3.63, 3.8) is 0 Å². The van der Waals surface area contributed by atoms with Crippen LogP contribution in [0.1, 0.15) is 6.92 Å². The zero-order valence-corrected chi connectivity index (χ0v) is 4.80. The number of nitrogens with one attached hydrogen (secondary N) is 1. The van der Waals surface area contributed by atoms with Crippen LogP contribution in [0.3, 0.4) is 0 Å². The van der Waals surface area contributed by atoms with Crippen molar-refractivity contribution in [3.8, 4) is 0 Å². The molecule has 0 radical (unpaired) electrons. The molecule has 0 spiro atoms. The first kappa shape index (κ1) is 6.94. The first-order chi connectivity index (χ1) is 3.72. The second kappa shape index (κ2) is 3.01. The van der Waals surface area contributed by atoms with Crippen LogP contribution >= 0.6 is 0 Å². The average Bonchev–Trinajstić information content (AvgIpc) is 1.84. The van der Waals surface area contributed by atoms with Crippen molar-refractivity contribution in [2.24, 2.45) is 10.2 Å². The number of nitrogens with zero attached hydrogens (tertiary/aromatic N) is 2. The lowest BCUT2D eigenvalue weighted by Gasteiger charge is -1.85. The van der Waals surface area contributed by atoms with Gasteiger partial charge in [-0.3, -0.25) is 10.4 Å². The van der Waals surface area contributed by atoms with E-state index in [1.165, 1.54) is 7.05 Å². The third-order valence-corrected chi connectivity index (χ3v) is 0.769. The van der Waals surface area contributed by atoms with Gasteiger partial charge in [0.2, 0.25) is 5.84 Å². The minimum Gasteiger partial charge on any atom is -0.289 e. The van der Waals surface area contributed by atoms with Gasteiger partial charge in [0, 0.05) is 7.05 Å². The third kappa shape index (κ3) is 1.59. The zero-order valence-electron chi connectivity index (χ0n) is 4.80. The number of aliphatic imine (C=N–C) groups is 1. The van der Waals surface area contributed by atoms with E-state index in [9.17, 15) is 4.91 Å². The maximum atomic E-state index is 9.55. The van der Waals surface area contributed by atoms with Gasteiger partial charge in [-0.25, -0.2) is 0 Å². The van der Waals surface area contributed by atoms with Gasteiger partial charge in [0.15, 0.2) is 0 Å². The molecule has 0 aromatic carbocycles. The smallest absolute Gasteiger partial charge is 0.210 e. The Morgan fingerprint density at radius 1 is 1.62 bits per heavy atom. The lowest BCUT2D eigenvalue weighted by molar-refractivity contribution is 1.39. The molecule has 8 heavy (non-hydrogen) atoms. The number of hydrogen-bond acceptors (Lipinski definition) is 3. The van der Waals surface area contributed by atoms with E-state index in [4.69, 9.17) is 5.41 Å². The highest BCUT2D eigenvalue weighted by Gasteiger charge is 1.95. The van der Waals surface area contributed by atoms with Crippen molar-refractivity contribution < 1.29 is 0 Å². The predicted molar refractivity (Wildman–Crippen MR) is 32.6 cm³/mol. The van der Waals surface area contributed by atoms with Crippen molar-refractivity contribution in [1.82, 2.24) is 0 Å². The summed E-state index contributed by atoms with van der Waals surface area (Å²) >= 11 is 0. The van der Waals surface area contributed by atoms with Crippen molar-refractivity contribution in [2.75, 3.05) is 7.05 Å². The van der Waals surface area contributed by atoms with Gasteiger partial charge in [-0.1, -0.05) is 0 Å². The summed E-state index contributed by atoms with van der Waals surface area (Å²) in [5, 5.41) is 9.10. The first-order valence-electron chi connectivity index (χ1n) is 2.08. The summed E-state index contributed by atoms with van der Waals surface area (Å²) < 4.78 is 0. The fourth-order valence-corrected chi connectivity index (χ4v) is 0.172. The molecule has 4 nitrogen and oxygen atoms in total.